The van der Waals surface area contributed by atoms with Gasteiger partial charge in [0.1, 0.15) is 16.5 Å². The molecule has 0 bridgehead atoms. The van der Waals surface area contributed by atoms with Crippen molar-refractivity contribution in [2.45, 2.75) is 18.0 Å². The van der Waals surface area contributed by atoms with Gasteiger partial charge < -0.3 is 0 Å². The molecule has 0 aliphatic carbocycles. The molecule has 0 atom stereocenters. The molecular formula is C17H14ClF3N4S. The summed E-state index contributed by atoms with van der Waals surface area (Å²) in [5.41, 5.74) is 1.17. The summed E-state index contributed by atoms with van der Waals surface area (Å²) < 4.78 is 40.3. The van der Waals surface area contributed by atoms with Crippen molar-refractivity contribution in [2.75, 3.05) is 5.75 Å². The minimum Gasteiger partial charge on any atom is -0.267 e. The maximum Gasteiger partial charge on any atom is 0.417 e. The van der Waals surface area contributed by atoms with E-state index >= 15 is 0 Å². The molecule has 26 heavy (non-hydrogen) atoms. The van der Waals surface area contributed by atoms with Gasteiger partial charge in [0.2, 0.25) is 0 Å². The van der Waals surface area contributed by atoms with E-state index < -0.39 is 11.7 Å². The van der Waals surface area contributed by atoms with Crippen molar-refractivity contribution in [2.24, 2.45) is 7.05 Å². The highest BCUT2D eigenvalue weighted by Crippen LogP contribution is 2.34. The summed E-state index contributed by atoms with van der Waals surface area (Å²) in [5, 5.41) is 4.73. The normalized spacial score (nSPS) is 11.8. The summed E-state index contributed by atoms with van der Waals surface area (Å²) in [7, 11) is 1.66. The van der Waals surface area contributed by atoms with Crippen LogP contribution < -0.4 is 0 Å². The Morgan fingerprint density at radius 3 is 2.65 bits per heavy atom. The van der Waals surface area contributed by atoms with E-state index in [1.165, 1.54) is 10.9 Å². The zero-order valence-electron chi connectivity index (χ0n) is 13.9. The molecule has 3 aromatic heterocycles. The summed E-state index contributed by atoms with van der Waals surface area (Å²) in [4.78, 5) is 8.96. The number of rotatable bonds is 4. The van der Waals surface area contributed by atoms with Crippen LogP contribution in [0.4, 0.5) is 13.2 Å². The molecule has 9 heteroatoms. The van der Waals surface area contributed by atoms with Crippen LogP contribution in [0.3, 0.4) is 0 Å². The lowest BCUT2D eigenvalue weighted by Crippen LogP contribution is -2.06. The van der Waals surface area contributed by atoms with E-state index in [0.29, 0.717) is 27.8 Å². The fraction of sp³-hybridized carbons (Fsp3) is 0.235. The maximum atomic E-state index is 12.9. The summed E-state index contributed by atoms with van der Waals surface area (Å²) >= 11 is 7.60. The lowest BCUT2D eigenvalue weighted by molar-refractivity contribution is -0.137. The van der Waals surface area contributed by atoms with Crippen molar-refractivity contribution < 1.29 is 13.2 Å². The summed E-state index contributed by atoms with van der Waals surface area (Å²) in [6, 6.07) is 6.30. The molecule has 0 radical (unpaired) electrons. The number of aryl methyl sites for hydroxylation is 1. The molecule has 0 aromatic carbocycles. The Labute approximate surface area is 157 Å². The van der Waals surface area contributed by atoms with Crippen LogP contribution in [0.25, 0.3) is 22.6 Å². The van der Waals surface area contributed by atoms with Gasteiger partial charge in [0, 0.05) is 29.9 Å². The number of hydrogen-bond acceptors (Lipinski definition) is 4. The first-order valence-electron chi connectivity index (χ1n) is 7.66. The van der Waals surface area contributed by atoms with E-state index in [4.69, 9.17) is 11.6 Å². The molecule has 0 saturated heterocycles. The smallest absolute Gasteiger partial charge is 0.267 e. The van der Waals surface area contributed by atoms with E-state index in [1.807, 2.05) is 13.0 Å². The van der Waals surface area contributed by atoms with Gasteiger partial charge in [0.15, 0.2) is 0 Å². The number of hydrogen-bond donors (Lipinski definition) is 0. The van der Waals surface area contributed by atoms with Gasteiger partial charge >= 0.3 is 6.18 Å². The van der Waals surface area contributed by atoms with Crippen LogP contribution in [0.5, 0.6) is 0 Å². The Kier molecular flexibility index (Phi) is 5.24. The van der Waals surface area contributed by atoms with Gasteiger partial charge in [-0.3, -0.25) is 9.67 Å². The number of pyridine rings is 2. The standard InChI is InChI=1S/C17H14ClF3N4S/c1-3-26-14-4-5-15(18)23-16(14)12-7-13(25(2)24-12)10-6-11(9-22-8-10)17(19,20)21/h4-9H,3H2,1-2H3. The van der Waals surface area contributed by atoms with Gasteiger partial charge in [0.25, 0.3) is 0 Å². The highest BCUT2D eigenvalue weighted by Gasteiger charge is 2.31. The minimum atomic E-state index is -4.45. The number of halogens is 4. The Balaban J connectivity index is 2.08. The molecule has 0 amide bonds. The van der Waals surface area contributed by atoms with Crippen molar-refractivity contribution in [1.82, 2.24) is 19.7 Å². The molecule has 0 aliphatic rings. The van der Waals surface area contributed by atoms with Crippen molar-refractivity contribution in [3.8, 4) is 22.6 Å². The summed E-state index contributed by atoms with van der Waals surface area (Å²) in [6.45, 7) is 2.02. The topological polar surface area (TPSA) is 43.6 Å². The third-order valence-corrected chi connectivity index (χ3v) is 4.75. The average Bonchev–Trinajstić information content (AvgIpc) is 2.98. The second-order valence-corrected chi connectivity index (χ2v) is 7.11. The molecule has 0 saturated carbocycles. The molecule has 3 aromatic rings. The van der Waals surface area contributed by atoms with Crippen LogP contribution in [-0.2, 0) is 13.2 Å². The van der Waals surface area contributed by atoms with Crippen LogP contribution in [0, 0.1) is 0 Å². The van der Waals surface area contributed by atoms with Crippen LogP contribution in [-0.4, -0.2) is 25.5 Å². The second kappa shape index (κ2) is 7.28. The van der Waals surface area contributed by atoms with Gasteiger partial charge in [-0.05, 0) is 30.0 Å². The quantitative estimate of drug-likeness (QED) is 0.440. The van der Waals surface area contributed by atoms with Gasteiger partial charge in [-0.25, -0.2) is 4.98 Å². The Hall–Kier alpha value is -2.06. The third kappa shape index (κ3) is 3.86. The van der Waals surface area contributed by atoms with Crippen molar-refractivity contribution in [3.05, 3.63) is 47.4 Å². The first kappa shape index (κ1) is 18.7. The van der Waals surface area contributed by atoms with E-state index in [2.05, 4.69) is 15.1 Å². The van der Waals surface area contributed by atoms with E-state index in [9.17, 15) is 13.2 Å². The first-order chi connectivity index (χ1) is 12.3. The number of aromatic nitrogens is 4. The predicted molar refractivity (Wildman–Crippen MR) is 96.1 cm³/mol. The first-order valence-corrected chi connectivity index (χ1v) is 9.02. The second-order valence-electron chi connectivity index (χ2n) is 5.41. The number of nitrogens with zero attached hydrogens (tertiary/aromatic N) is 4. The molecule has 3 rings (SSSR count). The molecule has 0 fully saturated rings. The van der Waals surface area contributed by atoms with Crippen LogP contribution >= 0.6 is 23.4 Å². The largest absolute Gasteiger partial charge is 0.417 e. The van der Waals surface area contributed by atoms with Crippen LogP contribution in [0.2, 0.25) is 5.15 Å². The molecular weight excluding hydrogens is 385 g/mol. The van der Waals surface area contributed by atoms with Crippen LogP contribution in [0.15, 0.2) is 41.6 Å². The van der Waals surface area contributed by atoms with E-state index in [1.54, 1.807) is 30.9 Å². The Morgan fingerprint density at radius 2 is 1.96 bits per heavy atom. The van der Waals surface area contributed by atoms with E-state index in [0.717, 1.165) is 22.9 Å². The molecule has 0 N–H and O–H groups in total. The Bertz CT molecular complexity index is 940. The van der Waals surface area contributed by atoms with Gasteiger partial charge in [0.05, 0.1) is 11.3 Å². The minimum absolute atomic E-state index is 0.327. The van der Waals surface area contributed by atoms with Crippen LogP contribution in [0.1, 0.15) is 12.5 Å². The van der Waals surface area contributed by atoms with Crippen molar-refractivity contribution in [1.29, 1.82) is 0 Å². The molecule has 0 spiro atoms. The van der Waals surface area contributed by atoms with Gasteiger partial charge in [-0.1, -0.05) is 18.5 Å². The fourth-order valence-electron chi connectivity index (χ4n) is 2.47. The van der Waals surface area contributed by atoms with Gasteiger partial charge in [-0.15, -0.1) is 11.8 Å². The summed E-state index contributed by atoms with van der Waals surface area (Å²) in [6.07, 6.45) is -2.28. The third-order valence-electron chi connectivity index (χ3n) is 3.61. The van der Waals surface area contributed by atoms with E-state index in [-0.39, 0.29) is 0 Å². The number of thioether (sulfide) groups is 1. The fourth-order valence-corrected chi connectivity index (χ4v) is 3.38. The molecule has 3 heterocycles. The lowest BCUT2D eigenvalue weighted by Gasteiger charge is -2.08. The SMILES string of the molecule is CCSc1ccc(Cl)nc1-c1cc(-c2cncc(C(F)(F)F)c2)n(C)n1. The summed E-state index contributed by atoms with van der Waals surface area (Å²) in [5.74, 6) is 0.841. The lowest BCUT2D eigenvalue weighted by atomic mass is 10.1. The maximum absolute atomic E-state index is 12.9. The zero-order chi connectivity index (χ0) is 18.9. The van der Waals surface area contributed by atoms with Gasteiger partial charge in [-0.2, -0.15) is 18.3 Å². The molecule has 0 unspecified atom stereocenters. The molecule has 4 nitrogen and oxygen atoms in total. The molecule has 136 valence electrons. The zero-order valence-corrected chi connectivity index (χ0v) is 15.5. The highest BCUT2D eigenvalue weighted by molar-refractivity contribution is 7.99. The average molecular weight is 399 g/mol. The van der Waals surface area contributed by atoms with Crippen molar-refractivity contribution in [3.63, 3.8) is 0 Å². The molecule has 0 aliphatic heterocycles. The highest BCUT2D eigenvalue weighted by atomic mass is 35.5. The Morgan fingerprint density at radius 1 is 1.19 bits per heavy atom. The predicted octanol–water partition coefficient (Wildman–Crippen LogP) is 5.33. The van der Waals surface area contributed by atoms with Crippen molar-refractivity contribution >= 4 is 23.4 Å². The number of alkyl halides is 3. The monoisotopic (exact) mass is 398 g/mol.